The van der Waals surface area contributed by atoms with Crippen molar-refractivity contribution in [3.63, 3.8) is 0 Å². The lowest BCUT2D eigenvalue weighted by Crippen LogP contribution is -2.14. The average Bonchev–Trinajstić information content (AvgIpc) is 2.20. The molecule has 0 bridgehead atoms. The van der Waals surface area contributed by atoms with Gasteiger partial charge in [-0.05, 0) is 6.92 Å². The first-order valence-corrected chi connectivity index (χ1v) is 4.96. The first kappa shape index (κ1) is 8.01. The van der Waals surface area contributed by atoms with Gasteiger partial charge in [-0.15, -0.1) is 0 Å². The van der Waals surface area contributed by atoms with Gasteiger partial charge in [0.2, 0.25) is 0 Å². The Morgan fingerprint density at radius 3 is 2.90 bits per heavy atom. The van der Waals surface area contributed by atoms with Gasteiger partial charge < -0.3 is 4.57 Å². The van der Waals surface area contributed by atoms with Crippen LogP contribution in [0.2, 0.25) is 0 Å². The molecule has 0 saturated carbocycles. The predicted molar refractivity (Wildman–Crippen MR) is 47.1 cm³/mol. The van der Waals surface area contributed by atoms with Gasteiger partial charge in [0.25, 0.3) is 0 Å². The number of aryl methyl sites for hydroxylation is 1. The van der Waals surface area contributed by atoms with Gasteiger partial charge in [0.05, 0.1) is 0 Å². The van der Waals surface area contributed by atoms with Crippen molar-refractivity contribution >= 4 is 27.3 Å². The van der Waals surface area contributed by atoms with E-state index in [9.17, 15) is 4.79 Å². The molecule has 0 aliphatic heterocycles. The van der Waals surface area contributed by atoms with Crippen LogP contribution in [0.3, 0.4) is 0 Å². The summed E-state index contributed by atoms with van der Waals surface area (Å²) in [7, 11) is 0. The van der Waals surface area contributed by atoms with Crippen LogP contribution in [0.4, 0.5) is 0 Å². The quantitative estimate of drug-likeness (QED) is 0.697. The Hall–Kier alpha value is -0.0900. The summed E-state index contributed by atoms with van der Waals surface area (Å²) in [5.74, 6) is 0. The van der Waals surface area contributed by atoms with E-state index in [1.807, 2.05) is 12.3 Å². The van der Waals surface area contributed by atoms with Crippen LogP contribution in [0.15, 0.2) is 10.2 Å². The Kier molecular flexibility index (Phi) is 2.68. The predicted octanol–water partition coefficient (Wildman–Crippen LogP) is 1.61. The van der Waals surface area contributed by atoms with Crippen molar-refractivity contribution in [3.05, 3.63) is 20.7 Å². The van der Waals surface area contributed by atoms with Crippen LogP contribution in [0.5, 0.6) is 0 Å². The fourth-order valence-corrected chi connectivity index (χ4v) is 1.87. The highest BCUT2D eigenvalue weighted by atomic mass is 79.9. The number of thiazole rings is 1. The highest BCUT2D eigenvalue weighted by molar-refractivity contribution is 9.09. The number of nitrogens with zero attached hydrogens (tertiary/aromatic N) is 1. The SMILES string of the molecule is Cc1csc(=O)n1CCBr. The maximum Gasteiger partial charge on any atom is 0.307 e. The van der Waals surface area contributed by atoms with Crippen LogP contribution in [-0.2, 0) is 6.54 Å². The molecule has 1 rings (SSSR count). The lowest BCUT2D eigenvalue weighted by atomic mass is 10.5. The molecule has 1 aromatic heterocycles. The molecular formula is C6H8BrNOS. The zero-order valence-electron chi connectivity index (χ0n) is 5.63. The fourth-order valence-electron chi connectivity index (χ4n) is 0.759. The smallest absolute Gasteiger partial charge is 0.303 e. The molecule has 4 heteroatoms. The molecule has 0 aliphatic rings. The number of rotatable bonds is 2. The van der Waals surface area contributed by atoms with Crippen LogP contribution in [0.25, 0.3) is 0 Å². The maximum absolute atomic E-state index is 11.0. The molecule has 10 heavy (non-hydrogen) atoms. The molecule has 0 saturated heterocycles. The zero-order chi connectivity index (χ0) is 7.56. The number of aromatic nitrogens is 1. The summed E-state index contributed by atoms with van der Waals surface area (Å²) in [5, 5.41) is 2.72. The van der Waals surface area contributed by atoms with Crippen molar-refractivity contribution in [2.45, 2.75) is 13.5 Å². The summed E-state index contributed by atoms with van der Waals surface area (Å²) in [6, 6.07) is 0. The molecule has 0 fully saturated rings. The van der Waals surface area contributed by atoms with Crippen molar-refractivity contribution < 1.29 is 0 Å². The second-order valence-corrected chi connectivity index (χ2v) is 3.60. The van der Waals surface area contributed by atoms with Crippen LogP contribution in [0.1, 0.15) is 5.69 Å². The van der Waals surface area contributed by atoms with E-state index in [-0.39, 0.29) is 4.87 Å². The maximum atomic E-state index is 11.0. The zero-order valence-corrected chi connectivity index (χ0v) is 8.04. The topological polar surface area (TPSA) is 22.0 Å². The van der Waals surface area contributed by atoms with Crippen LogP contribution in [-0.4, -0.2) is 9.90 Å². The minimum atomic E-state index is 0.136. The lowest BCUT2D eigenvalue weighted by molar-refractivity contribution is 0.734. The van der Waals surface area contributed by atoms with Gasteiger partial charge in [-0.3, -0.25) is 4.79 Å². The van der Waals surface area contributed by atoms with Gasteiger partial charge in [0, 0.05) is 22.9 Å². The first-order valence-electron chi connectivity index (χ1n) is 2.96. The third kappa shape index (κ3) is 1.49. The molecule has 2 nitrogen and oxygen atoms in total. The van der Waals surface area contributed by atoms with Crippen molar-refractivity contribution in [1.82, 2.24) is 4.57 Å². The Balaban J connectivity index is 2.99. The first-order chi connectivity index (χ1) is 4.75. The molecule has 0 radical (unpaired) electrons. The molecule has 0 spiro atoms. The van der Waals surface area contributed by atoms with Gasteiger partial charge in [-0.1, -0.05) is 27.3 Å². The van der Waals surface area contributed by atoms with E-state index in [1.54, 1.807) is 4.57 Å². The minimum Gasteiger partial charge on any atom is -0.303 e. The van der Waals surface area contributed by atoms with Gasteiger partial charge in [0.15, 0.2) is 0 Å². The largest absolute Gasteiger partial charge is 0.307 e. The lowest BCUT2D eigenvalue weighted by Gasteiger charge is -1.97. The third-order valence-corrected chi connectivity index (χ3v) is 2.52. The van der Waals surface area contributed by atoms with E-state index in [0.29, 0.717) is 0 Å². The summed E-state index contributed by atoms with van der Waals surface area (Å²) in [6.07, 6.45) is 0. The number of alkyl halides is 1. The number of hydrogen-bond donors (Lipinski definition) is 0. The molecule has 0 atom stereocenters. The van der Waals surface area contributed by atoms with Crippen LogP contribution >= 0.6 is 27.3 Å². The summed E-state index contributed by atoms with van der Waals surface area (Å²) in [4.78, 5) is 11.1. The molecule has 0 unspecified atom stereocenters. The Morgan fingerprint density at radius 2 is 2.50 bits per heavy atom. The molecule has 0 aromatic carbocycles. The number of halogens is 1. The van der Waals surface area contributed by atoms with Crippen LogP contribution < -0.4 is 4.87 Å². The van der Waals surface area contributed by atoms with Gasteiger partial charge in [0.1, 0.15) is 0 Å². The van der Waals surface area contributed by atoms with Crippen molar-refractivity contribution in [1.29, 1.82) is 0 Å². The third-order valence-electron chi connectivity index (χ3n) is 1.28. The Labute approximate surface area is 71.6 Å². The monoisotopic (exact) mass is 221 g/mol. The number of hydrogen-bond acceptors (Lipinski definition) is 2. The molecule has 56 valence electrons. The highest BCUT2D eigenvalue weighted by Gasteiger charge is 1.99. The summed E-state index contributed by atoms with van der Waals surface area (Å²) in [5.41, 5.74) is 1.05. The Bertz CT molecular complexity index is 265. The second-order valence-electron chi connectivity index (χ2n) is 1.98. The van der Waals surface area contributed by atoms with E-state index in [1.165, 1.54) is 11.3 Å². The van der Waals surface area contributed by atoms with Crippen molar-refractivity contribution in [3.8, 4) is 0 Å². The van der Waals surface area contributed by atoms with Gasteiger partial charge in [-0.2, -0.15) is 0 Å². The van der Waals surface area contributed by atoms with E-state index >= 15 is 0 Å². The van der Waals surface area contributed by atoms with E-state index in [0.717, 1.165) is 17.6 Å². The van der Waals surface area contributed by atoms with E-state index in [4.69, 9.17) is 0 Å². The fraction of sp³-hybridized carbons (Fsp3) is 0.500. The normalized spacial score (nSPS) is 10.2. The molecular weight excluding hydrogens is 214 g/mol. The van der Waals surface area contributed by atoms with Crippen LogP contribution in [0, 0.1) is 6.92 Å². The van der Waals surface area contributed by atoms with E-state index in [2.05, 4.69) is 15.9 Å². The molecule has 1 aromatic rings. The van der Waals surface area contributed by atoms with Crippen molar-refractivity contribution in [2.75, 3.05) is 5.33 Å². The molecule has 0 aliphatic carbocycles. The standard InChI is InChI=1S/C6H8BrNOS/c1-5-4-10-6(9)8(5)3-2-7/h4H,2-3H2,1H3. The van der Waals surface area contributed by atoms with E-state index < -0.39 is 0 Å². The Morgan fingerprint density at radius 1 is 1.80 bits per heavy atom. The molecule has 0 N–H and O–H groups in total. The van der Waals surface area contributed by atoms with Crippen molar-refractivity contribution in [2.24, 2.45) is 0 Å². The highest BCUT2D eigenvalue weighted by Crippen LogP contribution is 1.99. The van der Waals surface area contributed by atoms with Gasteiger partial charge >= 0.3 is 4.87 Å². The average molecular weight is 222 g/mol. The molecule has 0 amide bonds. The minimum absolute atomic E-state index is 0.136. The summed E-state index contributed by atoms with van der Waals surface area (Å²) in [6.45, 7) is 2.72. The summed E-state index contributed by atoms with van der Waals surface area (Å²) < 4.78 is 1.76. The second kappa shape index (κ2) is 3.34. The molecule has 1 heterocycles. The summed E-state index contributed by atoms with van der Waals surface area (Å²) >= 11 is 4.54. The van der Waals surface area contributed by atoms with Gasteiger partial charge in [-0.25, -0.2) is 0 Å².